The van der Waals surface area contributed by atoms with Crippen LogP contribution < -0.4 is 5.32 Å². The molecule has 122 valence electrons. The van der Waals surface area contributed by atoms with Gasteiger partial charge in [0.1, 0.15) is 0 Å². The monoisotopic (exact) mass is 330 g/mol. The van der Waals surface area contributed by atoms with Crippen molar-refractivity contribution < 1.29 is 5.11 Å². The summed E-state index contributed by atoms with van der Waals surface area (Å²) in [6, 6.07) is 6.21. The smallest absolute Gasteiger partial charge is 0.234 e. The SMILES string of the molecule is Cc1cc(C)n2c(CNC(C)CC(O)c3cccs3)cnc2n1. The Morgan fingerprint density at radius 1 is 1.39 bits per heavy atom. The summed E-state index contributed by atoms with van der Waals surface area (Å²) in [5.41, 5.74) is 3.20. The number of aromatic nitrogens is 3. The Hall–Kier alpha value is -1.76. The van der Waals surface area contributed by atoms with Gasteiger partial charge in [0.2, 0.25) is 5.78 Å². The fourth-order valence-electron chi connectivity index (χ4n) is 2.81. The van der Waals surface area contributed by atoms with Gasteiger partial charge in [0.15, 0.2) is 0 Å². The Kier molecular flexibility index (Phi) is 4.75. The van der Waals surface area contributed by atoms with E-state index in [1.165, 1.54) is 0 Å². The highest BCUT2D eigenvalue weighted by Crippen LogP contribution is 2.23. The van der Waals surface area contributed by atoms with Gasteiger partial charge in [-0.15, -0.1) is 11.3 Å². The summed E-state index contributed by atoms with van der Waals surface area (Å²) in [5.74, 6) is 0.741. The van der Waals surface area contributed by atoms with Crippen molar-refractivity contribution in [1.29, 1.82) is 0 Å². The van der Waals surface area contributed by atoms with Gasteiger partial charge in [-0.3, -0.25) is 4.40 Å². The highest BCUT2D eigenvalue weighted by molar-refractivity contribution is 7.10. The van der Waals surface area contributed by atoms with Crippen LogP contribution in [0.3, 0.4) is 0 Å². The largest absolute Gasteiger partial charge is 0.388 e. The van der Waals surface area contributed by atoms with Gasteiger partial charge in [-0.1, -0.05) is 6.07 Å². The topological polar surface area (TPSA) is 62.5 Å². The lowest BCUT2D eigenvalue weighted by atomic mass is 10.1. The van der Waals surface area contributed by atoms with Crippen molar-refractivity contribution >= 4 is 17.1 Å². The molecule has 0 radical (unpaired) electrons. The molecule has 2 unspecified atom stereocenters. The normalized spacial score (nSPS) is 14.3. The number of aliphatic hydroxyl groups is 1. The number of hydrogen-bond donors (Lipinski definition) is 2. The molecule has 3 aromatic rings. The Balaban J connectivity index is 1.64. The first-order valence-electron chi connectivity index (χ1n) is 7.80. The number of aryl methyl sites for hydroxylation is 2. The molecule has 2 N–H and O–H groups in total. The molecular formula is C17H22N4OS. The van der Waals surface area contributed by atoms with Gasteiger partial charge in [0.05, 0.1) is 18.0 Å². The average molecular weight is 330 g/mol. The first-order valence-corrected chi connectivity index (χ1v) is 8.68. The predicted molar refractivity (Wildman–Crippen MR) is 92.7 cm³/mol. The molecule has 0 aliphatic carbocycles. The molecule has 0 fully saturated rings. The van der Waals surface area contributed by atoms with Crippen LogP contribution in [0, 0.1) is 13.8 Å². The second-order valence-corrected chi connectivity index (χ2v) is 6.95. The van der Waals surface area contributed by atoms with Crippen molar-refractivity contribution in [2.75, 3.05) is 0 Å². The summed E-state index contributed by atoms with van der Waals surface area (Å²) in [4.78, 5) is 9.85. The zero-order valence-corrected chi connectivity index (χ0v) is 14.5. The number of aliphatic hydroxyl groups excluding tert-OH is 1. The van der Waals surface area contributed by atoms with E-state index in [0.717, 1.165) is 27.7 Å². The highest BCUT2D eigenvalue weighted by atomic mass is 32.1. The van der Waals surface area contributed by atoms with E-state index in [0.29, 0.717) is 13.0 Å². The van der Waals surface area contributed by atoms with E-state index in [9.17, 15) is 5.11 Å². The molecule has 23 heavy (non-hydrogen) atoms. The van der Waals surface area contributed by atoms with Crippen LogP contribution in [0.5, 0.6) is 0 Å². The summed E-state index contributed by atoms with van der Waals surface area (Å²) in [6.07, 6.45) is 2.14. The van der Waals surface area contributed by atoms with Crippen LogP contribution in [0.15, 0.2) is 29.8 Å². The fraction of sp³-hybridized carbons (Fsp3) is 0.412. The second-order valence-electron chi connectivity index (χ2n) is 5.97. The maximum atomic E-state index is 10.2. The number of nitrogens with one attached hydrogen (secondary N) is 1. The first-order chi connectivity index (χ1) is 11.0. The molecule has 5 nitrogen and oxygen atoms in total. The third-order valence-corrected chi connectivity index (χ3v) is 4.92. The third-order valence-electron chi connectivity index (χ3n) is 3.94. The Morgan fingerprint density at radius 3 is 2.96 bits per heavy atom. The molecule has 0 saturated carbocycles. The van der Waals surface area contributed by atoms with Crippen molar-refractivity contribution in [1.82, 2.24) is 19.7 Å². The lowest BCUT2D eigenvalue weighted by Gasteiger charge is -2.17. The van der Waals surface area contributed by atoms with Crippen LogP contribution in [0.1, 0.15) is 41.4 Å². The van der Waals surface area contributed by atoms with Crippen LogP contribution in [0.2, 0.25) is 0 Å². The minimum absolute atomic E-state index is 0.205. The van der Waals surface area contributed by atoms with Gasteiger partial charge in [0.25, 0.3) is 0 Å². The molecule has 2 atom stereocenters. The van der Waals surface area contributed by atoms with Gasteiger partial charge < -0.3 is 10.4 Å². The number of thiophene rings is 1. The quantitative estimate of drug-likeness (QED) is 0.729. The number of fused-ring (bicyclic) bond motifs is 1. The molecule has 0 amide bonds. The van der Waals surface area contributed by atoms with Gasteiger partial charge in [-0.25, -0.2) is 9.97 Å². The molecular weight excluding hydrogens is 308 g/mol. The van der Waals surface area contributed by atoms with E-state index in [1.807, 2.05) is 30.6 Å². The molecule has 0 saturated heterocycles. The average Bonchev–Trinajstić information content (AvgIpc) is 3.14. The molecule has 0 aliphatic heterocycles. The van der Waals surface area contributed by atoms with Crippen molar-refractivity contribution in [2.24, 2.45) is 0 Å². The molecule has 0 aliphatic rings. The summed E-state index contributed by atoms with van der Waals surface area (Å²) >= 11 is 1.59. The van der Waals surface area contributed by atoms with Crippen LogP contribution in [-0.2, 0) is 6.54 Å². The van der Waals surface area contributed by atoms with Crippen LogP contribution in [-0.4, -0.2) is 25.5 Å². The number of imidazole rings is 1. The molecule has 0 bridgehead atoms. The zero-order valence-electron chi connectivity index (χ0n) is 13.7. The zero-order chi connectivity index (χ0) is 16.4. The number of hydrogen-bond acceptors (Lipinski definition) is 5. The molecule has 3 aromatic heterocycles. The second kappa shape index (κ2) is 6.78. The van der Waals surface area contributed by atoms with Crippen molar-refractivity contribution in [2.45, 2.75) is 45.9 Å². The molecule has 6 heteroatoms. The molecule has 0 aromatic carbocycles. The maximum Gasteiger partial charge on any atom is 0.234 e. The summed E-state index contributed by atoms with van der Waals surface area (Å²) < 4.78 is 2.07. The van der Waals surface area contributed by atoms with E-state index in [2.05, 4.69) is 39.6 Å². The Labute approximate surface area is 140 Å². The molecule has 3 rings (SSSR count). The van der Waals surface area contributed by atoms with Crippen molar-refractivity contribution in [3.8, 4) is 0 Å². The van der Waals surface area contributed by atoms with Gasteiger partial charge in [-0.05, 0) is 44.7 Å². The minimum atomic E-state index is -0.411. The van der Waals surface area contributed by atoms with E-state index in [-0.39, 0.29) is 6.04 Å². The summed E-state index contributed by atoms with van der Waals surface area (Å²) in [5, 5.41) is 15.7. The number of rotatable bonds is 6. The Morgan fingerprint density at radius 2 is 2.22 bits per heavy atom. The predicted octanol–water partition coefficient (Wildman–Crippen LogP) is 3.01. The number of nitrogens with zero attached hydrogens (tertiary/aromatic N) is 3. The van der Waals surface area contributed by atoms with E-state index in [4.69, 9.17) is 0 Å². The van der Waals surface area contributed by atoms with E-state index >= 15 is 0 Å². The molecule has 0 spiro atoms. The van der Waals surface area contributed by atoms with Crippen molar-refractivity contribution in [3.63, 3.8) is 0 Å². The van der Waals surface area contributed by atoms with Gasteiger partial charge in [0, 0.05) is 28.9 Å². The van der Waals surface area contributed by atoms with E-state index < -0.39 is 6.10 Å². The summed E-state index contributed by atoms with van der Waals surface area (Å²) in [7, 11) is 0. The highest BCUT2D eigenvalue weighted by Gasteiger charge is 2.14. The van der Waals surface area contributed by atoms with Gasteiger partial charge in [-0.2, -0.15) is 0 Å². The van der Waals surface area contributed by atoms with Crippen LogP contribution in [0.25, 0.3) is 5.78 Å². The maximum absolute atomic E-state index is 10.2. The van der Waals surface area contributed by atoms with Gasteiger partial charge >= 0.3 is 0 Å². The first kappa shape index (κ1) is 16.1. The standard InChI is InChI=1S/C17H22N4OS/c1-11(8-15(22)16-5-4-6-23-16)18-9-14-10-19-17-20-12(2)7-13(3)21(14)17/h4-7,10-11,15,18,22H,8-9H2,1-3H3. The Bertz CT molecular complexity index is 781. The third kappa shape index (κ3) is 3.60. The lowest BCUT2D eigenvalue weighted by molar-refractivity contribution is 0.157. The lowest BCUT2D eigenvalue weighted by Crippen LogP contribution is -2.28. The van der Waals surface area contributed by atoms with Crippen LogP contribution in [0.4, 0.5) is 0 Å². The summed E-state index contributed by atoms with van der Waals surface area (Å²) in [6.45, 7) is 6.84. The molecule has 3 heterocycles. The fourth-order valence-corrected chi connectivity index (χ4v) is 3.54. The van der Waals surface area contributed by atoms with Crippen LogP contribution >= 0.6 is 11.3 Å². The van der Waals surface area contributed by atoms with Crippen molar-refractivity contribution in [3.05, 3.63) is 51.7 Å². The minimum Gasteiger partial charge on any atom is -0.388 e. The van der Waals surface area contributed by atoms with E-state index in [1.54, 1.807) is 11.3 Å².